The van der Waals surface area contributed by atoms with Gasteiger partial charge in [0, 0.05) is 18.6 Å². The molecule has 0 unspecified atom stereocenters. The fraction of sp³-hybridized carbons (Fsp3) is 0.889. The van der Waals surface area contributed by atoms with Gasteiger partial charge in [0.15, 0.2) is 5.96 Å². The van der Waals surface area contributed by atoms with Crippen molar-refractivity contribution in [3.8, 4) is 0 Å². The van der Waals surface area contributed by atoms with Gasteiger partial charge in [0.1, 0.15) is 6.54 Å². The van der Waals surface area contributed by atoms with Gasteiger partial charge in [-0.2, -0.15) is 0 Å². The van der Waals surface area contributed by atoms with E-state index in [4.69, 9.17) is 0 Å². The summed E-state index contributed by atoms with van der Waals surface area (Å²) in [6.07, 6.45) is 3.70. The second-order valence-electron chi connectivity index (χ2n) is 7.66. The quantitative estimate of drug-likeness (QED) is 0.487. The summed E-state index contributed by atoms with van der Waals surface area (Å²) >= 11 is 0. The molecule has 0 aliphatic carbocycles. The molecule has 1 aliphatic rings. The monoisotopic (exact) mass is 339 g/mol. The smallest absolute Gasteiger partial charge is 0.242 e. The third-order valence-corrected chi connectivity index (χ3v) is 4.04. The zero-order chi connectivity index (χ0) is 18.0. The van der Waals surface area contributed by atoms with Crippen LogP contribution in [0.25, 0.3) is 0 Å². The van der Waals surface area contributed by atoms with Gasteiger partial charge in [-0.25, -0.2) is 4.99 Å². The minimum atomic E-state index is -0.217. The second kappa shape index (κ2) is 10.5. The number of carbonyl (C=O) groups is 1. The lowest BCUT2D eigenvalue weighted by Crippen LogP contribution is -2.44. The van der Waals surface area contributed by atoms with Crippen LogP contribution in [0.5, 0.6) is 0 Å². The highest BCUT2D eigenvalue weighted by Crippen LogP contribution is 2.16. The molecule has 1 rings (SSSR count). The van der Waals surface area contributed by atoms with E-state index in [1.165, 1.54) is 38.9 Å². The summed E-state index contributed by atoms with van der Waals surface area (Å²) in [6.45, 7) is 15.7. The first-order valence-electron chi connectivity index (χ1n) is 9.39. The minimum absolute atomic E-state index is 0.0485. The molecule has 140 valence electrons. The van der Waals surface area contributed by atoms with Gasteiger partial charge in [0.2, 0.25) is 5.91 Å². The molecule has 1 saturated heterocycles. The van der Waals surface area contributed by atoms with Gasteiger partial charge in [-0.1, -0.05) is 6.92 Å². The van der Waals surface area contributed by atoms with Crippen LogP contribution in [0.4, 0.5) is 0 Å². The molecule has 0 radical (unpaired) electrons. The summed E-state index contributed by atoms with van der Waals surface area (Å²) in [4.78, 5) is 18.8. The Bertz CT molecular complexity index is 395. The normalized spacial score (nSPS) is 17.6. The Labute approximate surface area is 147 Å². The lowest BCUT2D eigenvalue weighted by Gasteiger charge is -2.32. The van der Waals surface area contributed by atoms with Crippen LogP contribution in [0.3, 0.4) is 0 Å². The topological polar surface area (TPSA) is 68.8 Å². The number of likely N-dealkylation sites (tertiary alicyclic amines) is 1. The maximum absolute atomic E-state index is 11.9. The van der Waals surface area contributed by atoms with Crippen molar-refractivity contribution >= 4 is 11.9 Å². The van der Waals surface area contributed by atoms with E-state index in [1.807, 2.05) is 27.7 Å². The van der Waals surface area contributed by atoms with Crippen LogP contribution >= 0.6 is 0 Å². The average Bonchev–Trinajstić information content (AvgIpc) is 2.50. The molecule has 0 saturated carbocycles. The Hall–Kier alpha value is -1.30. The van der Waals surface area contributed by atoms with Gasteiger partial charge < -0.3 is 20.9 Å². The standard InChI is InChI=1S/C18H37N5O/c1-6-10-23-11-8-15(9-12-23)13-20-17(19-7-2)21-14-16(24)22-18(3,4)5/h15H,6-14H2,1-5H3,(H,22,24)(H2,19,20,21). The highest BCUT2D eigenvalue weighted by molar-refractivity contribution is 5.85. The summed E-state index contributed by atoms with van der Waals surface area (Å²) in [6, 6.07) is 0. The fourth-order valence-corrected chi connectivity index (χ4v) is 2.92. The highest BCUT2D eigenvalue weighted by atomic mass is 16.2. The van der Waals surface area contributed by atoms with Crippen LogP contribution in [-0.4, -0.2) is 61.6 Å². The summed E-state index contributed by atoms with van der Waals surface area (Å²) in [5.41, 5.74) is -0.217. The van der Waals surface area contributed by atoms with E-state index in [0.29, 0.717) is 5.92 Å². The number of aliphatic imine (C=N–C) groups is 1. The van der Waals surface area contributed by atoms with E-state index in [1.54, 1.807) is 0 Å². The largest absolute Gasteiger partial charge is 0.357 e. The summed E-state index contributed by atoms with van der Waals surface area (Å²) in [7, 11) is 0. The molecular weight excluding hydrogens is 302 g/mol. The van der Waals surface area contributed by atoms with Crippen molar-refractivity contribution in [2.24, 2.45) is 10.9 Å². The van der Waals surface area contributed by atoms with Crippen molar-refractivity contribution in [2.75, 3.05) is 39.3 Å². The number of amides is 1. The first-order chi connectivity index (χ1) is 11.3. The van der Waals surface area contributed by atoms with Gasteiger partial charge >= 0.3 is 0 Å². The maximum Gasteiger partial charge on any atom is 0.242 e. The van der Waals surface area contributed by atoms with Gasteiger partial charge in [0.05, 0.1) is 0 Å². The molecule has 3 N–H and O–H groups in total. The zero-order valence-corrected chi connectivity index (χ0v) is 16.2. The average molecular weight is 340 g/mol. The Kier molecular flexibility index (Phi) is 9.11. The lowest BCUT2D eigenvalue weighted by molar-refractivity contribution is -0.121. The minimum Gasteiger partial charge on any atom is -0.357 e. The summed E-state index contributed by atoms with van der Waals surface area (Å²) < 4.78 is 0. The number of hydrogen-bond acceptors (Lipinski definition) is 3. The summed E-state index contributed by atoms with van der Waals surface area (Å²) in [5.74, 6) is 1.37. The molecule has 6 nitrogen and oxygen atoms in total. The van der Waals surface area contributed by atoms with Crippen molar-refractivity contribution in [3.05, 3.63) is 0 Å². The number of nitrogens with zero attached hydrogens (tertiary/aromatic N) is 2. The molecule has 0 aromatic rings. The van der Waals surface area contributed by atoms with E-state index in [-0.39, 0.29) is 18.0 Å². The van der Waals surface area contributed by atoms with Gasteiger partial charge in [-0.15, -0.1) is 0 Å². The maximum atomic E-state index is 11.9. The van der Waals surface area contributed by atoms with E-state index >= 15 is 0 Å². The lowest BCUT2D eigenvalue weighted by atomic mass is 9.97. The molecule has 0 atom stereocenters. The molecule has 0 bridgehead atoms. The molecule has 1 aliphatic heterocycles. The van der Waals surface area contributed by atoms with Gasteiger partial charge in [0.25, 0.3) is 0 Å². The molecule has 1 heterocycles. The van der Waals surface area contributed by atoms with Crippen LogP contribution in [0, 0.1) is 5.92 Å². The zero-order valence-electron chi connectivity index (χ0n) is 16.2. The third kappa shape index (κ3) is 9.11. The Balaban J connectivity index is 2.37. The number of rotatable bonds is 7. The molecule has 0 aromatic heterocycles. The van der Waals surface area contributed by atoms with Crippen LogP contribution in [0.15, 0.2) is 4.99 Å². The van der Waals surface area contributed by atoms with Crippen LogP contribution < -0.4 is 16.0 Å². The Morgan fingerprint density at radius 3 is 2.38 bits per heavy atom. The number of guanidine groups is 1. The third-order valence-electron chi connectivity index (χ3n) is 4.04. The molecule has 6 heteroatoms. The molecule has 1 fully saturated rings. The molecule has 1 amide bonds. The van der Waals surface area contributed by atoms with E-state index in [9.17, 15) is 4.79 Å². The molecule has 0 spiro atoms. The predicted molar refractivity (Wildman–Crippen MR) is 101 cm³/mol. The highest BCUT2D eigenvalue weighted by Gasteiger charge is 2.19. The molecule has 0 aromatic carbocycles. The van der Waals surface area contributed by atoms with E-state index < -0.39 is 0 Å². The van der Waals surface area contributed by atoms with Crippen molar-refractivity contribution in [1.82, 2.24) is 20.9 Å². The second-order valence-corrected chi connectivity index (χ2v) is 7.66. The summed E-state index contributed by atoms with van der Waals surface area (Å²) in [5, 5.41) is 9.55. The number of hydrogen-bond donors (Lipinski definition) is 3. The SMILES string of the molecule is CCCN1CCC(CNC(=NCC(=O)NC(C)(C)C)NCC)CC1. The van der Waals surface area contributed by atoms with E-state index in [2.05, 4.69) is 32.8 Å². The molecular formula is C18H37N5O. The Morgan fingerprint density at radius 2 is 1.83 bits per heavy atom. The van der Waals surface area contributed by atoms with Crippen LogP contribution in [-0.2, 0) is 4.79 Å². The predicted octanol–water partition coefficient (Wildman–Crippen LogP) is 1.58. The number of carbonyl (C=O) groups excluding carboxylic acids is 1. The van der Waals surface area contributed by atoms with Crippen LogP contribution in [0.1, 0.15) is 53.9 Å². The molecule has 24 heavy (non-hydrogen) atoms. The Morgan fingerprint density at radius 1 is 1.17 bits per heavy atom. The first-order valence-corrected chi connectivity index (χ1v) is 9.39. The number of piperidine rings is 1. The number of nitrogens with one attached hydrogen (secondary N) is 3. The van der Waals surface area contributed by atoms with Gasteiger partial charge in [-0.3, -0.25) is 4.79 Å². The van der Waals surface area contributed by atoms with E-state index in [0.717, 1.165) is 19.0 Å². The van der Waals surface area contributed by atoms with Gasteiger partial charge in [-0.05, 0) is 72.5 Å². The van der Waals surface area contributed by atoms with Crippen molar-refractivity contribution in [1.29, 1.82) is 0 Å². The van der Waals surface area contributed by atoms with Crippen molar-refractivity contribution in [2.45, 2.75) is 59.4 Å². The fourth-order valence-electron chi connectivity index (χ4n) is 2.92. The van der Waals surface area contributed by atoms with Crippen LogP contribution in [0.2, 0.25) is 0 Å². The van der Waals surface area contributed by atoms with Crippen molar-refractivity contribution in [3.63, 3.8) is 0 Å². The van der Waals surface area contributed by atoms with Crippen molar-refractivity contribution < 1.29 is 4.79 Å². The first kappa shape index (κ1) is 20.7.